The number of rotatable bonds is 19. The Morgan fingerprint density at radius 2 is 1.28 bits per heavy atom. The number of unbranched alkanes of at least 4 members (excludes halogenated alkanes) is 1. The second-order valence-electron chi connectivity index (χ2n) is 11.9. The zero-order chi connectivity index (χ0) is 36.5. The van der Waals surface area contributed by atoms with E-state index >= 15 is 0 Å². The van der Waals surface area contributed by atoms with E-state index in [-0.39, 0.29) is 25.7 Å². The smallest absolute Gasteiger partial charge is 0.326 e. The van der Waals surface area contributed by atoms with Crippen molar-refractivity contribution in [3.63, 3.8) is 0 Å². The number of carboxylic acids is 2. The van der Waals surface area contributed by atoms with Gasteiger partial charge < -0.3 is 36.8 Å². The molecule has 0 bridgehead atoms. The predicted molar refractivity (Wildman–Crippen MR) is 189 cm³/mol. The average molecular weight is 688 g/mol. The number of amides is 5. The predicted octanol–water partition coefficient (Wildman–Crippen LogP) is 4.41. The number of carbonyl (C=O) groups excluding carboxylic acids is 4. The van der Waals surface area contributed by atoms with E-state index in [0.717, 1.165) is 11.1 Å². The van der Waals surface area contributed by atoms with Crippen LogP contribution in [0, 0.1) is 6.92 Å². The zero-order valence-corrected chi connectivity index (χ0v) is 28.2. The van der Waals surface area contributed by atoms with Gasteiger partial charge in [0, 0.05) is 17.8 Å². The van der Waals surface area contributed by atoms with Crippen molar-refractivity contribution in [1.29, 1.82) is 0 Å². The maximum atomic E-state index is 13.6. The molecule has 0 aliphatic rings. The summed E-state index contributed by atoms with van der Waals surface area (Å²) in [7, 11) is 0. The van der Waals surface area contributed by atoms with Gasteiger partial charge in [-0.2, -0.15) is 0 Å². The number of carbonyl (C=O) groups is 6. The van der Waals surface area contributed by atoms with Crippen LogP contribution < -0.4 is 26.6 Å². The SMILES string of the molecule is CCCC[C@H](NC(=O)[C@H](CCc1ccccc1)NC(=O)Cc1ccc(NC(=O)Nc2ccccc2C)cc1)C(=O)N[C@@H](CCC(=O)O)C(=O)O. The summed E-state index contributed by atoms with van der Waals surface area (Å²) in [5.41, 5.74) is 3.69. The number of hydrogen-bond acceptors (Lipinski definition) is 6. The van der Waals surface area contributed by atoms with Crippen LogP contribution in [0.4, 0.5) is 16.2 Å². The van der Waals surface area contributed by atoms with Gasteiger partial charge in [-0.1, -0.05) is 80.4 Å². The Bertz CT molecular complexity index is 1610. The van der Waals surface area contributed by atoms with Crippen molar-refractivity contribution >= 4 is 47.1 Å². The molecule has 13 heteroatoms. The van der Waals surface area contributed by atoms with Gasteiger partial charge in [-0.3, -0.25) is 19.2 Å². The van der Waals surface area contributed by atoms with Crippen LogP contribution in [0.1, 0.15) is 62.1 Å². The van der Waals surface area contributed by atoms with E-state index in [0.29, 0.717) is 36.2 Å². The first kappa shape index (κ1) is 38.7. The third kappa shape index (κ3) is 13.4. The molecule has 3 aromatic rings. The Morgan fingerprint density at radius 3 is 1.90 bits per heavy atom. The van der Waals surface area contributed by atoms with Gasteiger partial charge in [-0.05, 0) is 67.5 Å². The molecular weight excluding hydrogens is 642 g/mol. The minimum absolute atomic E-state index is 0.0611. The molecule has 0 spiro atoms. The molecule has 0 aromatic heterocycles. The average Bonchev–Trinajstić information content (AvgIpc) is 3.08. The molecule has 266 valence electrons. The molecule has 0 aliphatic heterocycles. The van der Waals surface area contributed by atoms with E-state index in [2.05, 4.69) is 26.6 Å². The molecular formula is C37H45N5O8. The highest BCUT2D eigenvalue weighted by atomic mass is 16.4. The highest BCUT2D eigenvalue weighted by molar-refractivity contribution is 6.00. The summed E-state index contributed by atoms with van der Waals surface area (Å²) in [6.45, 7) is 3.78. The van der Waals surface area contributed by atoms with Gasteiger partial charge in [0.05, 0.1) is 6.42 Å². The summed E-state index contributed by atoms with van der Waals surface area (Å²) >= 11 is 0. The van der Waals surface area contributed by atoms with Crippen LogP contribution in [-0.4, -0.2) is 64.0 Å². The fourth-order valence-corrected chi connectivity index (χ4v) is 5.11. The van der Waals surface area contributed by atoms with Crippen LogP contribution in [0.5, 0.6) is 0 Å². The summed E-state index contributed by atoms with van der Waals surface area (Å²) in [6, 6.07) is 19.5. The highest BCUT2D eigenvalue weighted by Crippen LogP contribution is 2.15. The fourth-order valence-electron chi connectivity index (χ4n) is 5.11. The van der Waals surface area contributed by atoms with Crippen molar-refractivity contribution in [3.05, 3.63) is 95.6 Å². The lowest BCUT2D eigenvalue weighted by molar-refractivity contribution is -0.143. The van der Waals surface area contributed by atoms with Gasteiger partial charge in [0.1, 0.15) is 18.1 Å². The summed E-state index contributed by atoms with van der Waals surface area (Å²) in [6.07, 6.45) is 1.28. The second kappa shape index (κ2) is 19.9. The number of anilines is 2. The Hall–Kier alpha value is -5.72. The standard InChI is InChI=1S/C37H45N5O8/c1-3-4-13-29(34(46)41-31(36(48)49)21-22-33(44)45)40-35(47)30(20-17-25-11-6-5-7-12-25)39-32(43)23-26-15-18-27(19-16-26)38-37(50)42-28-14-9-8-10-24(28)2/h5-12,14-16,18-19,29-31H,3-4,13,17,20-23H2,1-2H3,(H,39,43)(H,40,47)(H,41,46)(H,44,45)(H,48,49)(H2,38,42,50)/t29-,30-,31-/m0/s1. The van der Waals surface area contributed by atoms with Crippen molar-refractivity contribution in [1.82, 2.24) is 16.0 Å². The van der Waals surface area contributed by atoms with Gasteiger partial charge in [0.2, 0.25) is 17.7 Å². The van der Waals surface area contributed by atoms with Crippen LogP contribution in [0.15, 0.2) is 78.9 Å². The van der Waals surface area contributed by atoms with Crippen molar-refractivity contribution in [2.75, 3.05) is 10.6 Å². The molecule has 0 unspecified atom stereocenters. The highest BCUT2D eigenvalue weighted by Gasteiger charge is 2.29. The maximum Gasteiger partial charge on any atom is 0.326 e. The monoisotopic (exact) mass is 687 g/mol. The van der Waals surface area contributed by atoms with Crippen molar-refractivity contribution < 1.29 is 39.0 Å². The van der Waals surface area contributed by atoms with Crippen LogP contribution in [0.2, 0.25) is 0 Å². The van der Waals surface area contributed by atoms with E-state index in [1.54, 1.807) is 30.3 Å². The minimum Gasteiger partial charge on any atom is -0.481 e. The van der Waals surface area contributed by atoms with E-state index < -0.39 is 60.2 Å². The molecule has 5 amide bonds. The largest absolute Gasteiger partial charge is 0.481 e. The first-order chi connectivity index (χ1) is 23.9. The topological polar surface area (TPSA) is 203 Å². The summed E-state index contributed by atoms with van der Waals surface area (Å²) in [4.78, 5) is 75.1. The fraction of sp³-hybridized carbons (Fsp3) is 0.351. The van der Waals surface area contributed by atoms with Gasteiger partial charge in [0.15, 0.2) is 0 Å². The number of urea groups is 1. The Labute approximate surface area is 291 Å². The lowest BCUT2D eigenvalue weighted by atomic mass is 10.0. The number of para-hydroxylation sites is 1. The van der Waals surface area contributed by atoms with Crippen LogP contribution >= 0.6 is 0 Å². The van der Waals surface area contributed by atoms with E-state index in [1.165, 1.54) is 0 Å². The molecule has 50 heavy (non-hydrogen) atoms. The molecule has 0 aliphatic carbocycles. The van der Waals surface area contributed by atoms with Gasteiger partial charge in [0.25, 0.3) is 0 Å². The number of benzene rings is 3. The van der Waals surface area contributed by atoms with Gasteiger partial charge in [-0.15, -0.1) is 0 Å². The minimum atomic E-state index is -1.45. The van der Waals surface area contributed by atoms with Crippen LogP contribution in [0.25, 0.3) is 0 Å². The molecule has 3 rings (SSSR count). The van der Waals surface area contributed by atoms with E-state index in [1.807, 2.05) is 62.4 Å². The van der Waals surface area contributed by atoms with Gasteiger partial charge in [-0.25, -0.2) is 9.59 Å². The molecule has 0 fully saturated rings. The molecule has 0 saturated carbocycles. The summed E-state index contributed by atoms with van der Waals surface area (Å²) in [5.74, 6) is -4.39. The Morgan fingerprint density at radius 1 is 0.660 bits per heavy atom. The van der Waals surface area contributed by atoms with Crippen LogP contribution in [-0.2, 0) is 36.8 Å². The van der Waals surface area contributed by atoms with Crippen molar-refractivity contribution in [3.8, 4) is 0 Å². The third-order valence-electron chi connectivity index (χ3n) is 7.93. The lowest BCUT2D eigenvalue weighted by Gasteiger charge is -2.24. The number of carboxylic acid groups (broad SMARTS) is 2. The van der Waals surface area contributed by atoms with E-state index in [4.69, 9.17) is 5.11 Å². The number of aryl methyl sites for hydroxylation is 2. The first-order valence-electron chi connectivity index (χ1n) is 16.6. The maximum absolute atomic E-state index is 13.6. The molecule has 3 atom stereocenters. The Kier molecular flexibility index (Phi) is 15.4. The van der Waals surface area contributed by atoms with E-state index in [9.17, 15) is 33.9 Å². The summed E-state index contributed by atoms with van der Waals surface area (Å²) < 4.78 is 0. The van der Waals surface area contributed by atoms with Crippen molar-refractivity contribution in [2.24, 2.45) is 0 Å². The molecule has 0 radical (unpaired) electrons. The molecule has 7 N–H and O–H groups in total. The van der Waals surface area contributed by atoms with Gasteiger partial charge >= 0.3 is 18.0 Å². The third-order valence-corrected chi connectivity index (χ3v) is 7.93. The molecule has 3 aromatic carbocycles. The number of hydrogen-bond donors (Lipinski definition) is 7. The second-order valence-corrected chi connectivity index (χ2v) is 11.9. The quantitative estimate of drug-likeness (QED) is 0.0960. The number of nitrogens with one attached hydrogen (secondary N) is 5. The molecule has 13 nitrogen and oxygen atoms in total. The Balaban J connectivity index is 1.67. The summed E-state index contributed by atoms with van der Waals surface area (Å²) in [5, 5.41) is 31.9. The first-order valence-corrected chi connectivity index (χ1v) is 16.6. The normalized spacial score (nSPS) is 12.4. The zero-order valence-electron chi connectivity index (χ0n) is 28.2. The number of aliphatic carboxylic acids is 2. The molecule has 0 saturated heterocycles. The van der Waals surface area contributed by atoms with Crippen molar-refractivity contribution in [2.45, 2.75) is 83.3 Å². The lowest BCUT2D eigenvalue weighted by Crippen LogP contribution is -2.56. The molecule has 0 heterocycles. The van der Waals surface area contributed by atoms with Crippen LogP contribution in [0.3, 0.4) is 0 Å².